The minimum absolute atomic E-state index is 0.0794. The fourth-order valence-electron chi connectivity index (χ4n) is 2.37. The second kappa shape index (κ2) is 6.49. The van der Waals surface area contributed by atoms with E-state index in [1.165, 1.54) is 6.42 Å². The van der Waals surface area contributed by atoms with Crippen LogP contribution >= 0.6 is 23.2 Å². The molecule has 0 aromatic heterocycles. The number of hydrogen-bond acceptors (Lipinski definition) is 1. The molecule has 0 radical (unpaired) electrons. The largest absolute Gasteiger partial charge is 0.325 e. The highest BCUT2D eigenvalue weighted by Gasteiger charge is 2.20. The van der Waals surface area contributed by atoms with Gasteiger partial charge in [-0.1, -0.05) is 23.2 Å². The van der Waals surface area contributed by atoms with Gasteiger partial charge in [0.2, 0.25) is 0 Å². The average molecular weight is 301 g/mol. The van der Waals surface area contributed by atoms with E-state index >= 15 is 0 Å². The van der Waals surface area contributed by atoms with Crippen molar-refractivity contribution in [1.29, 1.82) is 0 Å². The van der Waals surface area contributed by atoms with Crippen molar-refractivity contribution < 1.29 is 4.79 Å². The van der Waals surface area contributed by atoms with Crippen LogP contribution in [0.5, 0.6) is 0 Å². The Kier molecular flexibility index (Phi) is 4.94. The quantitative estimate of drug-likeness (QED) is 0.809. The summed E-state index contributed by atoms with van der Waals surface area (Å²) in [6, 6.07) is 5.45. The predicted octanol–water partition coefficient (Wildman–Crippen LogP) is 4.03. The van der Waals surface area contributed by atoms with Crippen molar-refractivity contribution in [2.45, 2.75) is 25.8 Å². The molecule has 1 aliphatic rings. The second-order valence-corrected chi connectivity index (χ2v) is 5.84. The van der Waals surface area contributed by atoms with Gasteiger partial charge in [0.05, 0.1) is 0 Å². The zero-order valence-corrected chi connectivity index (χ0v) is 12.5. The third kappa shape index (κ3) is 4.02. The zero-order chi connectivity index (χ0) is 13.8. The number of likely N-dealkylation sites (tertiary alicyclic amines) is 1. The first-order chi connectivity index (χ1) is 9.06. The van der Waals surface area contributed by atoms with Crippen LogP contribution in [0.25, 0.3) is 0 Å². The van der Waals surface area contributed by atoms with Crippen molar-refractivity contribution in [3.63, 3.8) is 0 Å². The average Bonchev–Trinajstić information content (AvgIpc) is 2.37. The fraction of sp³-hybridized carbons (Fsp3) is 0.500. The van der Waals surface area contributed by atoms with Gasteiger partial charge in [-0.05, 0) is 43.0 Å². The maximum absolute atomic E-state index is 12.3. The number of carbonyl (C=O) groups excluding carboxylic acids is 1. The Morgan fingerprint density at radius 3 is 2.32 bits per heavy atom. The van der Waals surface area contributed by atoms with Crippen molar-refractivity contribution in [3.8, 4) is 0 Å². The van der Waals surface area contributed by atoms with Crippen LogP contribution in [0.15, 0.2) is 18.2 Å². The summed E-state index contributed by atoms with van der Waals surface area (Å²) >= 11 is 11.9. The molecule has 0 atom stereocenters. The van der Waals surface area contributed by atoms with Gasteiger partial charge >= 0.3 is 6.03 Å². The van der Waals surface area contributed by atoms with Crippen molar-refractivity contribution in [2.24, 2.45) is 0 Å². The molecule has 5 heteroatoms. The van der Waals surface area contributed by atoms with E-state index in [1.807, 2.05) is 24.1 Å². The molecule has 0 bridgehead atoms. The van der Waals surface area contributed by atoms with Gasteiger partial charge in [0.25, 0.3) is 0 Å². The first-order valence-corrected chi connectivity index (χ1v) is 7.27. The highest BCUT2D eigenvalue weighted by atomic mass is 35.5. The molecule has 0 aliphatic carbocycles. The Labute approximate surface area is 124 Å². The van der Waals surface area contributed by atoms with Gasteiger partial charge in [-0.25, -0.2) is 4.79 Å². The second-order valence-electron chi connectivity index (χ2n) is 4.96. The normalized spacial score (nSPS) is 15.4. The van der Waals surface area contributed by atoms with E-state index in [-0.39, 0.29) is 6.03 Å². The lowest BCUT2D eigenvalue weighted by atomic mass is 10.1. The van der Waals surface area contributed by atoms with Gasteiger partial charge in [-0.2, -0.15) is 0 Å². The first kappa shape index (κ1) is 14.5. The monoisotopic (exact) mass is 300 g/mol. The summed E-state index contributed by atoms with van der Waals surface area (Å²) in [5, 5.41) is 1.20. The molecule has 1 aromatic rings. The van der Waals surface area contributed by atoms with E-state index in [1.54, 1.807) is 11.0 Å². The van der Waals surface area contributed by atoms with Crippen LogP contribution < -0.4 is 0 Å². The SMILES string of the molecule is CN(Cc1cc(Cl)cc(Cl)c1)C(=O)N1CCCCC1. The summed E-state index contributed by atoms with van der Waals surface area (Å²) in [5.74, 6) is 0. The lowest BCUT2D eigenvalue weighted by Gasteiger charge is -2.31. The van der Waals surface area contributed by atoms with Crippen LogP contribution in [0.2, 0.25) is 10.0 Å². The van der Waals surface area contributed by atoms with Crippen LogP contribution in [0, 0.1) is 0 Å². The summed E-state index contributed by atoms with van der Waals surface area (Å²) in [6.07, 6.45) is 3.42. The molecule has 104 valence electrons. The molecule has 0 saturated carbocycles. The van der Waals surface area contributed by atoms with E-state index in [2.05, 4.69) is 0 Å². The molecule has 1 saturated heterocycles. The van der Waals surface area contributed by atoms with Gasteiger partial charge in [-0.15, -0.1) is 0 Å². The van der Waals surface area contributed by atoms with Crippen molar-refractivity contribution >= 4 is 29.2 Å². The predicted molar refractivity (Wildman–Crippen MR) is 78.7 cm³/mol. The summed E-state index contributed by atoms with van der Waals surface area (Å²) in [4.78, 5) is 15.9. The molecule has 1 heterocycles. The number of nitrogens with zero attached hydrogens (tertiary/aromatic N) is 2. The van der Waals surface area contributed by atoms with Gasteiger partial charge in [0, 0.05) is 36.7 Å². The lowest BCUT2D eigenvalue weighted by molar-refractivity contribution is 0.151. The summed E-state index contributed by atoms with van der Waals surface area (Å²) < 4.78 is 0. The van der Waals surface area contributed by atoms with E-state index in [9.17, 15) is 4.79 Å². The summed E-state index contributed by atoms with van der Waals surface area (Å²) in [7, 11) is 1.81. The van der Waals surface area contributed by atoms with E-state index in [0.29, 0.717) is 16.6 Å². The molecule has 0 unspecified atom stereocenters. The maximum atomic E-state index is 12.3. The molecule has 3 nitrogen and oxygen atoms in total. The number of amides is 2. The van der Waals surface area contributed by atoms with E-state index < -0.39 is 0 Å². The van der Waals surface area contributed by atoms with Crippen LogP contribution in [-0.4, -0.2) is 36.0 Å². The molecule has 0 N–H and O–H groups in total. The van der Waals surface area contributed by atoms with Gasteiger partial charge in [0.15, 0.2) is 0 Å². The minimum Gasteiger partial charge on any atom is -0.325 e. The molecule has 1 aliphatic heterocycles. The molecule has 1 aromatic carbocycles. The number of rotatable bonds is 2. The van der Waals surface area contributed by atoms with E-state index in [4.69, 9.17) is 23.2 Å². The van der Waals surface area contributed by atoms with Gasteiger partial charge in [0.1, 0.15) is 0 Å². The molecule has 2 rings (SSSR count). The first-order valence-electron chi connectivity index (χ1n) is 6.51. The third-order valence-corrected chi connectivity index (χ3v) is 3.73. The van der Waals surface area contributed by atoms with Crippen molar-refractivity contribution in [3.05, 3.63) is 33.8 Å². The number of urea groups is 1. The summed E-state index contributed by atoms with van der Waals surface area (Å²) in [5.41, 5.74) is 0.949. The van der Waals surface area contributed by atoms with Crippen LogP contribution in [-0.2, 0) is 6.54 Å². The van der Waals surface area contributed by atoms with Crippen molar-refractivity contribution in [2.75, 3.05) is 20.1 Å². The molecule has 0 spiro atoms. The van der Waals surface area contributed by atoms with Crippen molar-refractivity contribution in [1.82, 2.24) is 9.80 Å². The summed E-state index contributed by atoms with van der Waals surface area (Å²) in [6.45, 7) is 2.24. The number of carbonyl (C=O) groups is 1. The van der Waals surface area contributed by atoms with Gasteiger partial charge in [-0.3, -0.25) is 0 Å². The Morgan fingerprint density at radius 1 is 1.16 bits per heavy atom. The molecular formula is C14H18Cl2N2O. The van der Waals surface area contributed by atoms with Crippen LogP contribution in [0.3, 0.4) is 0 Å². The third-order valence-electron chi connectivity index (χ3n) is 3.30. The topological polar surface area (TPSA) is 23.6 Å². The number of halogens is 2. The maximum Gasteiger partial charge on any atom is 0.320 e. The Hall–Kier alpha value is -0.930. The Morgan fingerprint density at radius 2 is 1.74 bits per heavy atom. The highest BCUT2D eigenvalue weighted by molar-refractivity contribution is 6.34. The molecule has 1 fully saturated rings. The molecular weight excluding hydrogens is 283 g/mol. The number of piperidine rings is 1. The minimum atomic E-state index is 0.0794. The fourth-order valence-corrected chi connectivity index (χ4v) is 2.94. The van der Waals surface area contributed by atoms with E-state index in [0.717, 1.165) is 31.5 Å². The van der Waals surface area contributed by atoms with Crippen LogP contribution in [0.4, 0.5) is 4.79 Å². The smallest absolute Gasteiger partial charge is 0.320 e. The Balaban J connectivity index is 1.99. The Bertz CT molecular complexity index is 439. The highest BCUT2D eigenvalue weighted by Crippen LogP contribution is 2.20. The molecule has 19 heavy (non-hydrogen) atoms. The van der Waals surface area contributed by atoms with Gasteiger partial charge < -0.3 is 9.80 Å². The standard InChI is InChI=1S/C14H18Cl2N2O/c1-17(14(19)18-5-3-2-4-6-18)10-11-7-12(15)9-13(16)8-11/h7-9H,2-6,10H2,1H3. The number of hydrogen-bond donors (Lipinski definition) is 0. The van der Waals surface area contributed by atoms with Crippen LogP contribution in [0.1, 0.15) is 24.8 Å². The zero-order valence-electron chi connectivity index (χ0n) is 11.0. The molecule has 2 amide bonds. The number of benzene rings is 1. The lowest BCUT2D eigenvalue weighted by Crippen LogP contribution is -2.43.